The van der Waals surface area contributed by atoms with Gasteiger partial charge in [0.2, 0.25) is 11.8 Å². The van der Waals surface area contributed by atoms with Crippen LogP contribution in [0.2, 0.25) is 5.02 Å². The number of thiazole rings is 1. The van der Waals surface area contributed by atoms with Gasteiger partial charge in [0.05, 0.1) is 27.7 Å². The van der Waals surface area contributed by atoms with Gasteiger partial charge < -0.3 is 5.32 Å². The van der Waals surface area contributed by atoms with Gasteiger partial charge in [-0.1, -0.05) is 23.7 Å². The standard InChI is InChI=1S/C22H17ClF3N3O2S/c1-13-6-8-19(18(23)10-13)28-20(31)9-7-16-12-32-21(27-16)29(14(2)30)17-5-3-4-15(11-17)22(24,25)26/h3-12H,1-2H3,(H,28,31)/b9-7+. The molecule has 0 radical (unpaired) electrons. The van der Waals surface area contributed by atoms with Gasteiger partial charge in [-0.15, -0.1) is 11.3 Å². The molecule has 32 heavy (non-hydrogen) atoms. The monoisotopic (exact) mass is 479 g/mol. The molecule has 0 saturated heterocycles. The number of halogens is 4. The van der Waals surface area contributed by atoms with Crippen molar-refractivity contribution >= 4 is 57.3 Å². The molecule has 5 nitrogen and oxygen atoms in total. The quantitative estimate of drug-likeness (QED) is 0.427. The van der Waals surface area contributed by atoms with Crippen LogP contribution < -0.4 is 10.2 Å². The minimum absolute atomic E-state index is 0.0453. The first kappa shape index (κ1) is 23.5. The highest BCUT2D eigenvalue weighted by atomic mass is 35.5. The molecule has 2 amide bonds. The molecular formula is C22H17ClF3N3O2S. The molecule has 0 bridgehead atoms. The summed E-state index contributed by atoms with van der Waals surface area (Å²) >= 11 is 7.16. The molecule has 0 spiro atoms. The number of carbonyl (C=O) groups excluding carboxylic acids is 2. The Bertz CT molecular complexity index is 1190. The number of alkyl halides is 3. The zero-order chi connectivity index (χ0) is 23.5. The highest BCUT2D eigenvalue weighted by Gasteiger charge is 2.31. The molecule has 10 heteroatoms. The van der Waals surface area contributed by atoms with Gasteiger partial charge in [-0.05, 0) is 48.9 Å². The highest BCUT2D eigenvalue weighted by molar-refractivity contribution is 7.14. The molecule has 0 atom stereocenters. The summed E-state index contributed by atoms with van der Waals surface area (Å²) in [6, 6.07) is 9.65. The summed E-state index contributed by atoms with van der Waals surface area (Å²) in [7, 11) is 0. The highest BCUT2D eigenvalue weighted by Crippen LogP contribution is 2.35. The molecule has 0 aliphatic carbocycles. The maximum absolute atomic E-state index is 13.0. The molecule has 0 saturated carbocycles. The minimum atomic E-state index is -4.54. The first-order valence-corrected chi connectivity index (χ1v) is 10.5. The van der Waals surface area contributed by atoms with Gasteiger partial charge in [-0.3, -0.25) is 14.5 Å². The van der Waals surface area contributed by atoms with E-state index in [0.29, 0.717) is 16.4 Å². The predicted molar refractivity (Wildman–Crippen MR) is 120 cm³/mol. The van der Waals surface area contributed by atoms with E-state index in [9.17, 15) is 22.8 Å². The molecule has 3 rings (SSSR count). The van der Waals surface area contributed by atoms with Crippen LogP contribution >= 0.6 is 22.9 Å². The number of nitrogens with zero attached hydrogens (tertiary/aromatic N) is 2. The van der Waals surface area contributed by atoms with Crippen LogP contribution in [0.25, 0.3) is 6.08 Å². The third kappa shape index (κ3) is 5.74. The van der Waals surface area contributed by atoms with E-state index in [-0.39, 0.29) is 10.8 Å². The summed E-state index contributed by atoms with van der Waals surface area (Å²) in [5, 5.41) is 4.82. The number of hydrogen-bond acceptors (Lipinski definition) is 4. The SMILES string of the molecule is CC(=O)N(c1cccc(C(F)(F)F)c1)c1nc(/C=C/C(=O)Nc2ccc(C)cc2Cl)cs1. The molecular weight excluding hydrogens is 463 g/mol. The summed E-state index contributed by atoms with van der Waals surface area (Å²) in [5.74, 6) is -0.937. The average molecular weight is 480 g/mol. The largest absolute Gasteiger partial charge is 0.416 e. The predicted octanol–water partition coefficient (Wildman–Crippen LogP) is 6.46. The van der Waals surface area contributed by atoms with Gasteiger partial charge in [0.25, 0.3) is 0 Å². The Hall–Kier alpha value is -3.17. The van der Waals surface area contributed by atoms with Gasteiger partial charge in [0.15, 0.2) is 5.13 Å². The first-order chi connectivity index (χ1) is 15.0. The molecule has 166 valence electrons. The number of benzene rings is 2. The van der Waals surface area contributed by atoms with Gasteiger partial charge in [0, 0.05) is 18.4 Å². The fourth-order valence-electron chi connectivity index (χ4n) is 2.76. The lowest BCUT2D eigenvalue weighted by atomic mass is 10.2. The van der Waals surface area contributed by atoms with E-state index in [4.69, 9.17) is 11.6 Å². The van der Waals surface area contributed by atoms with Crippen LogP contribution in [0.4, 0.5) is 29.7 Å². The van der Waals surface area contributed by atoms with Gasteiger partial charge in [-0.25, -0.2) is 4.98 Å². The maximum Gasteiger partial charge on any atom is 0.416 e. The number of hydrogen-bond donors (Lipinski definition) is 1. The number of aromatic nitrogens is 1. The summed E-state index contributed by atoms with van der Waals surface area (Å²) in [5.41, 5.74) is 0.953. The molecule has 0 aliphatic rings. The second-order valence-corrected chi connectivity index (χ2v) is 8.01. The Morgan fingerprint density at radius 1 is 1.19 bits per heavy atom. The zero-order valence-electron chi connectivity index (χ0n) is 16.9. The second-order valence-electron chi connectivity index (χ2n) is 6.76. The normalized spacial score (nSPS) is 11.6. The lowest BCUT2D eigenvalue weighted by Crippen LogP contribution is -2.23. The number of anilines is 3. The summed E-state index contributed by atoms with van der Waals surface area (Å²) in [4.78, 5) is 29.7. The molecule has 0 unspecified atom stereocenters. The van der Waals surface area contributed by atoms with Crippen molar-refractivity contribution in [1.82, 2.24) is 4.98 Å². The number of carbonyl (C=O) groups is 2. The van der Waals surface area contributed by atoms with Crippen molar-refractivity contribution in [2.24, 2.45) is 0 Å². The van der Waals surface area contributed by atoms with Gasteiger partial charge in [0.1, 0.15) is 0 Å². The van der Waals surface area contributed by atoms with Crippen molar-refractivity contribution in [2.45, 2.75) is 20.0 Å². The fraction of sp³-hybridized carbons (Fsp3) is 0.136. The average Bonchev–Trinajstić information content (AvgIpc) is 3.16. The molecule has 1 heterocycles. The van der Waals surface area contributed by atoms with Gasteiger partial charge in [-0.2, -0.15) is 13.2 Å². The summed E-state index contributed by atoms with van der Waals surface area (Å²) < 4.78 is 39.1. The Kier molecular flexibility index (Phi) is 7.00. The van der Waals surface area contributed by atoms with Crippen LogP contribution in [0.3, 0.4) is 0 Å². The van der Waals surface area contributed by atoms with E-state index >= 15 is 0 Å². The number of nitrogens with one attached hydrogen (secondary N) is 1. The minimum Gasteiger partial charge on any atom is -0.321 e. The van der Waals surface area contributed by atoms with Crippen LogP contribution in [0, 0.1) is 6.92 Å². The van der Waals surface area contributed by atoms with E-state index in [1.54, 1.807) is 17.5 Å². The van der Waals surface area contributed by atoms with E-state index < -0.39 is 23.6 Å². The first-order valence-electron chi connectivity index (χ1n) is 9.23. The van der Waals surface area contributed by atoms with Crippen LogP contribution in [0.5, 0.6) is 0 Å². The molecule has 1 aromatic heterocycles. The molecule has 0 fully saturated rings. The lowest BCUT2D eigenvalue weighted by molar-refractivity contribution is -0.137. The van der Waals surface area contributed by atoms with E-state index in [1.807, 2.05) is 13.0 Å². The van der Waals surface area contributed by atoms with Crippen LogP contribution in [0.1, 0.15) is 23.7 Å². The Morgan fingerprint density at radius 2 is 1.94 bits per heavy atom. The molecule has 0 aliphatic heterocycles. The van der Waals surface area contributed by atoms with Crippen LogP contribution in [-0.4, -0.2) is 16.8 Å². The summed E-state index contributed by atoms with van der Waals surface area (Å²) in [6.07, 6.45) is -1.86. The molecule has 1 N–H and O–H groups in total. The van der Waals surface area contributed by atoms with Gasteiger partial charge >= 0.3 is 6.18 Å². The molecule has 3 aromatic rings. The zero-order valence-corrected chi connectivity index (χ0v) is 18.5. The second kappa shape index (κ2) is 9.54. The van der Waals surface area contributed by atoms with Crippen LogP contribution in [-0.2, 0) is 15.8 Å². The number of amides is 2. The number of rotatable bonds is 5. The Morgan fingerprint density at radius 3 is 2.59 bits per heavy atom. The topological polar surface area (TPSA) is 62.3 Å². The third-order valence-electron chi connectivity index (χ3n) is 4.24. The van der Waals surface area contributed by atoms with Crippen molar-refractivity contribution in [3.63, 3.8) is 0 Å². The van der Waals surface area contributed by atoms with Crippen molar-refractivity contribution in [2.75, 3.05) is 10.2 Å². The van der Waals surface area contributed by atoms with E-state index in [0.717, 1.165) is 33.9 Å². The summed E-state index contributed by atoms with van der Waals surface area (Å²) in [6.45, 7) is 3.11. The van der Waals surface area contributed by atoms with Crippen molar-refractivity contribution in [3.8, 4) is 0 Å². The maximum atomic E-state index is 13.0. The third-order valence-corrected chi connectivity index (χ3v) is 5.39. The van der Waals surface area contributed by atoms with Crippen molar-refractivity contribution < 1.29 is 22.8 Å². The van der Waals surface area contributed by atoms with Crippen molar-refractivity contribution in [3.05, 3.63) is 75.8 Å². The van der Waals surface area contributed by atoms with Crippen LogP contribution in [0.15, 0.2) is 53.9 Å². The smallest absolute Gasteiger partial charge is 0.321 e. The van der Waals surface area contributed by atoms with E-state index in [1.165, 1.54) is 31.2 Å². The lowest BCUT2D eigenvalue weighted by Gasteiger charge is -2.19. The Labute approximate surface area is 191 Å². The fourth-order valence-corrected chi connectivity index (χ4v) is 3.90. The Balaban J connectivity index is 1.78. The number of aryl methyl sites for hydroxylation is 1. The van der Waals surface area contributed by atoms with E-state index in [2.05, 4.69) is 10.3 Å². The van der Waals surface area contributed by atoms with Crippen molar-refractivity contribution in [1.29, 1.82) is 0 Å². The molecule has 2 aromatic carbocycles.